The molecule has 0 aliphatic carbocycles. The Bertz CT molecular complexity index is 1110. The van der Waals surface area contributed by atoms with Gasteiger partial charge in [-0.3, -0.25) is 28.3 Å². The Hall–Kier alpha value is -3.34. The van der Waals surface area contributed by atoms with Gasteiger partial charge in [-0.1, -0.05) is 30.3 Å². The first-order chi connectivity index (χ1) is 14.3. The Morgan fingerprint density at radius 3 is 2.50 bits per heavy atom. The molecular weight excluding hydrogens is 412 g/mol. The van der Waals surface area contributed by atoms with Crippen molar-refractivity contribution in [1.29, 1.82) is 0 Å². The highest BCUT2D eigenvalue weighted by Gasteiger charge is 2.26. The second-order valence-corrected chi connectivity index (χ2v) is 7.59. The van der Waals surface area contributed by atoms with Crippen molar-refractivity contribution in [2.24, 2.45) is 7.05 Å². The minimum Gasteiger partial charge on any atom is -0.456 e. The molecule has 0 atom stereocenters. The third kappa shape index (κ3) is 4.46. The zero-order valence-corrected chi connectivity index (χ0v) is 17.0. The van der Waals surface area contributed by atoms with Crippen molar-refractivity contribution in [3.8, 4) is 0 Å². The predicted molar refractivity (Wildman–Crippen MR) is 110 cm³/mol. The fourth-order valence-electron chi connectivity index (χ4n) is 2.92. The number of Topliss-reactive ketones (excluding diaryl/α,β-unsaturated/α-hetero) is 1. The molecule has 1 fully saturated rings. The Balaban J connectivity index is 1.79. The SMILES string of the molecule is Cn1c(=O)c(C(=O)COC(=O)CN2CSCC2=O)c(N)n(Cc2ccccc2)c1=O. The van der Waals surface area contributed by atoms with Crippen LogP contribution in [0.5, 0.6) is 0 Å². The molecule has 0 saturated carbocycles. The van der Waals surface area contributed by atoms with Gasteiger partial charge >= 0.3 is 11.7 Å². The van der Waals surface area contributed by atoms with Gasteiger partial charge in [0.05, 0.1) is 18.2 Å². The molecule has 11 heteroatoms. The molecule has 1 aromatic carbocycles. The zero-order valence-electron chi connectivity index (χ0n) is 16.2. The lowest BCUT2D eigenvalue weighted by Gasteiger charge is -2.15. The first-order valence-electron chi connectivity index (χ1n) is 8.97. The van der Waals surface area contributed by atoms with Crippen LogP contribution in [0.2, 0.25) is 0 Å². The number of esters is 1. The van der Waals surface area contributed by atoms with Crippen molar-refractivity contribution in [3.63, 3.8) is 0 Å². The van der Waals surface area contributed by atoms with Crippen LogP contribution in [-0.4, -0.2) is 56.5 Å². The number of carbonyl (C=O) groups excluding carboxylic acids is 3. The molecule has 0 radical (unpaired) electrons. The number of nitrogen functional groups attached to an aromatic ring is 1. The van der Waals surface area contributed by atoms with Gasteiger partial charge < -0.3 is 15.4 Å². The molecule has 2 heterocycles. The molecular formula is C19H20N4O6S. The van der Waals surface area contributed by atoms with Gasteiger partial charge in [0.2, 0.25) is 11.7 Å². The van der Waals surface area contributed by atoms with Crippen LogP contribution in [0.25, 0.3) is 0 Å². The molecule has 1 saturated heterocycles. The van der Waals surface area contributed by atoms with Gasteiger partial charge in [-0.2, -0.15) is 0 Å². The van der Waals surface area contributed by atoms with Crippen molar-refractivity contribution < 1.29 is 19.1 Å². The molecule has 0 unspecified atom stereocenters. The normalized spacial score (nSPS) is 13.5. The Morgan fingerprint density at radius 2 is 1.87 bits per heavy atom. The predicted octanol–water partition coefficient (Wildman–Crippen LogP) is -0.564. The lowest BCUT2D eigenvalue weighted by molar-refractivity contribution is -0.146. The van der Waals surface area contributed by atoms with Crippen molar-refractivity contribution >= 4 is 35.2 Å². The number of thioether (sulfide) groups is 1. The fourth-order valence-corrected chi connectivity index (χ4v) is 3.83. The molecule has 0 spiro atoms. The first kappa shape index (κ1) is 21.4. The van der Waals surface area contributed by atoms with Crippen LogP contribution in [0.4, 0.5) is 5.82 Å². The van der Waals surface area contributed by atoms with Crippen molar-refractivity contribution in [1.82, 2.24) is 14.0 Å². The third-order valence-electron chi connectivity index (χ3n) is 4.56. The minimum absolute atomic E-state index is 0.0639. The molecule has 1 aliphatic heterocycles. The number of carbonyl (C=O) groups is 3. The highest BCUT2D eigenvalue weighted by molar-refractivity contribution is 8.00. The molecule has 1 amide bonds. The number of hydrogen-bond acceptors (Lipinski definition) is 8. The number of ketones is 1. The smallest absolute Gasteiger partial charge is 0.332 e. The van der Waals surface area contributed by atoms with Crippen molar-refractivity contribution in [2.75, 3.05) is 30.5 Å². The van der Waals surface area contributed by atoms with E-state index in [1.54, 1.807) is 24.3 Å². The maximum Gasteiger partial charge on any atom is 0.332 e. The molecule has 1 aromatic heterocycles. The largest absolute Gasteiger partial charge is 0.456 e. The van der Waals surface area contributed by atoms with Crippen LogP contribution in [0.1, 0.15) is 15.9 Å². The van der Waals surface area contributed by atoms with Gasteiger partial charge in [-0.25, -0.2) is 4.79 Å². The van der Waals surface area contributed by atoms with E-state index in [0.717, 1.165) is 14.7 Å². The number of amides is 1. The molecule has 1 aliphatic rings. The van der Waals surface area contributed by atoms with Crippen LogP contribution in [-0.2, 0) is 27.9 Å². The van der Waals surface area contributed by atoms with Crippen LogP contribution >= 0.6 is 11.8 Å². The summed E-state index contributed by atoms with van der Waals surface area (Å²) in [6.07, 6.45) is 0. The standard InChI is InChI=1S/C19H20N4O6S/c1-21-18(27)16(13(24)9-29-15(26)8-22-11-30-10-14(22)25)17(20)23(19(21)28)7-12-5-3-2-4-6-12/h2-6H,7-11,20H2,1H3. The maximum atomic E-state index is 12.6. The first-order valence-corrected chi connectivity index (χ1v) is 10.1. The number of benzene rings is 1. The lowest BCUT2D eigenvalue weighted by atomic mass is 10.2. The number of nitrogens with zero attached hydrogens (tertiary/aromatic N) is 3. The Kier molecular flexibility index (Phi) is 6.40. The summed E-state index contributed by atoms with van der Waals surface area (Å²) in [4.78, 5) is 62.4. The van der Waals surface area contributed by atoms with Crippen molar-refractivity contribution in [3.05, 3.63) is 62.3 Å². The zero-order chi connectivity index (χ0) is 21.8. The van der Waals surface area contributed by atoms with Crippen LogP contribution < -0.4 is 17.0 Å². The number of rotatable bonds is 7. The van der Waals surface area contributed by atoms with Gasteiger partial charge in [0.1, 0.15) is 17.9 Å². The highest BCUT2D eigenvalue weighted by atomic mass is 32.2. The number of ether oxygens (including phenoxy) is 1. The lowest BCUT2D eigenvalue weighted by Crippen LogP contribution is -2.43. The summed E-state index contributed by atoms with van der Waals surface area (Å²) in [7, 11) is 1.24. The molecule has 158 valence electrons. The number of anilines is 1. The summed E-state index contributed by atoms with van der Waals surface area (Å²) in [5, 5.41) is 0. The number of aromatic nitrogens is 2. The van der Waals surface area contributed by atoms with E-state index in [0.29, 0.717) is 11.6 Å². The fraction of sp³-hybridized carbons (Fsp3) is 0.316. The number of nitrogens with two attached hydrogens (primary N) is 1. The van der Waals surface area contributed by atoms with Gasteiger partial charge in [0.15, 0.2) is 6.61 Å². The summed E-state index contributed by atoms with van der Waals surface area (Å²) in [6.45, 7) is -0.939. The van der Waals surface area contributed by atoms with E-state index in [9.17, 15) is 24.0 Å². The topological polar surface area (TPSA) is 134 Å². The van der Waals surface area contributed by atoms with E-state index in [1.165, 1.54) is 23.7 Å². The molecule has 30 heavy (non-hydrogen) atoms. The highest BCUT2D eigenvalue weighted by Crippen LogP contribution is 2.14. The summed E-state index contributed by atoms with van der Waals surface area (Å²) >= 11 is 1.37. The quantitative estimate of drug-likeness (QED) is 0.454. The Labute approximate surface area is 175 Å². The maximum absolute atomic E-state index is 12.6. The van der Waals surface area contributed by atoms with Gasteiger partial charge in [0.25, 0.3) is 5.56 Å². The molecule has 0 bridgehead atoms. The average Bonchev–Trinajstić information content (AvgIpc) is 3.13. The van der Waals surface area contributed by atoms with Crippen LogP contribution in [0.15, 0.2) is 39.9 Å². The molecule has 10 nitrogen and oxygen atoms in total. The van der Waals surface area contributed by atoms with E-state index < -0.39 is 35.2 Å². The second-order valence-electron chi connectivity index (χ2n) is 6.63. The van der Waals surface area contributed by atoms with Gasteiger partial charge in [-0.15, -0.1) is 11.8 Å². The van der Waals surface area contributed by atoms with E-state index in [-0.39, 0.29) is 24.8 Å². The van der Waals surface area contributed by atoms with Crippen LogP contribution in [0, 0.1) is 0 Å². The average molecular weight is 432 g/mol. The van der Waals surface area contributed by atoms with Gasteiger partial charge in [-0.05, 0) is 5.56 Å². The third-order valence-corrected chi connectivity index (χ3v) is 5.50. The molecule has 2 N–H and O–H groups in total. The monoisotopic (exact) mass is 432 g/mol. The minimum atomic E-state index is -0.867. The van der Waals surface area contributed by atoms with Gasteiger partial charge in [0, 0.05) is 7.05 Å². The van der Waals surface area contributed by atoms with E-state index in [4.69, 9.17) is 10.5 Å². The summed E-state index contributed by atoms with van der Waals surface area (Å²) in [5.41, 5.74) is 4.79. The van der Waals surface area contributed by atoms with Crippen molar-refractivity contribution in [2.45, 2.75) is 6.54 Å². The summed E-state index contributed by atoms with van der Waals surface area (Å²) in [5.74, 6) is -1.41. The number of hydrogen-bond donors (Lipinski definition) is 1. The van der Waals surface area contributed by atoms with Crippen LogP contribution in [0.3, 0.4) is 0 Å². The second kappa shape index (κ2) is 8.99. The Morgan fingerprint density at radius 1 is 1.17 bits per heavy atom. The molecule has 2 aromatic rings. The van der Waals surface area contributed by atoms with E-state index in [1.807, 2.05) is 6.07 Å². The summed E-state index contributed by atoms with van der Waals surface area (Å²) in [6, 6.07) is 8.94. The van der Waals surface area contributed by atoms with E-state index >= 15 is 0 Å². The summed E-state index contributed by atoms with van der Waals surface area (Å²) < 4.78 is 6.83. The molecule has 3 rings (SSSR count). The van der Waals surface area contributed by atoms with E-state index in [2.05, 4.69) is 0 Å².